The van der Waals surface area contributed by atoms with Gasteiger partial charge in [-0.05, 0) is 96.3 Å². The third kappa shape index (κ3) is 30.0. The largest absolute Gasteiger partial charge is 0.394 e. The summed E-state index contributed by atoms with van der Waals surface area (Å²) in [5.41, 5.74) is 0. The first-order chi connectivity index (χ1) is 41.3. The number of amides is 1. The van der Waals surface area contributed by atoms with Gasteiger partial charge in [-0.15, -0.1) is 0 Å². The van der Waals surface area contributed by atoms with Gasteiger partial charge in [-0.2, -0.15) is 0 Å². The van der Waals surface area contributed by atoms with Crippen molar-refractivity contribution in [2.24, 2.45) is 0 Å². The van der Waals surface area contributed by atoms with Crippen LogP contribution in [0.3, 0.4) is 0 Å². The van der Waals surface area contributed by atoms with Crippen LogP contribution in [0.4, 0.5) is 0 Å². The molecule has 0 aromatic rings. The van der Waals surface area contributed by atoms with E-state index in [0.717, 1.165) is 96.3 Å². The second-order valence-corrected chi connectivity index (χ2v) is 21.1. The fraction of sp³-hybridized carbons (Fsp3) is 0.621. The summed E-state index contributed by atoms with van der Waals surface area (Å²) in [6.45, 7) is 1.29. The Morgan fingerprint density at radius 3 is 1.22 bits per heavy atom. The Labute approximate surface area is 504 Å². The number of nitrogens with one attached hydrogen (secondary N) is 1. The molecule has 17 atom stereocenters. The Balaban J connectivity index is 1.30. The van der Waals surface area contributed by atoms with Crippen LogP contribution in [-0.2, 0) is 33.2 Å². The lowest BCUT2D eigenvalue weighted by molar-refractivity contribution is -0.379. The molecular weight excluding hydrogens is 1090 g/mol. The number of ether oxygens (including phenoxy) is 6. The molecule has 0 spiro atoms. The van der Waals surface area contributed by atoms with Crippen molar-refractivity contribution in [2.75, 3.05) is 26.4 Å². The van der Waals surface area contributed by atoms with Crippen molar-refractivity contribution in [1.29, 1.82) is 0 Å². The van der Waals surface area contributed by atoms with Crippen LogP contribution in [0.25, 0.3) is 0 Å². The summed E-state index contributed by atoms with van der Waals surface area (Å²) in [7, 11) is 0. The number of rotatable bonds is 42. The molecule has 0 saturated carbocycles. The summed E-state index contributed by atoms with van der Waals surface area (Å²) >= 11 is 0. The highest BCUT2D eigenvalue weighted by molar-refractivity contribution is 5.76. The third-order valence-electron chi connectivity index (χ3n) is 14.1. The van der Waals surface area contributed by atoms with Crippen molar-refractivity contribution in [3.63, 3.8) is 0 Å². The van der Waals surface area contributed by atoms with Gasteiger partial charge in [0.2, 0.25) is 5.91 Å². The van der Waals surface area contributed by atoms with Gasteiger partial charge in [-0.1, -0.05) is 173 Å². The van der Waals surface area contributed by atoms with E-state index in [0.29, 0.717) is 12.8 Å². The monoisotopic (exact) mass is 1200 g/mol. The standard InChI is InChI=1S/C66H103NO18/c1-3-5-7-8-9-10-11-12-13-14-15-16-17-18-19-20-21-22-23-24-25-26-27-28-29-30-31-32-33-34-35-36-37-38-39-40-42-44-54(72)67-49(50(71)43-41-6-4-2)48-80-64-60(78)57(75)62(52(46-69)82-64)85-66-61(79)58(76)63(53(47-70)83-66)84-65-59(77)56(74)55(73)51(45-68)81-65/h5,7,9-10,12-13,15-16,18-19,21-22,24-25,27-28,30-31,33-34,36-37,41,43,49-53,55-66,68-71,73-79H,3-4,6,8,11,14,17,20,23,26,29,32,35,38-40,42,44-48H2,1-2H3,(H,67,72)/b7-5-,10-9-,13-12-,16-15-,19-18-,22-21-,25-24-,28-27-,31-30-,34-33-,37-36-,43-41+. The van der Waals surface area contributed by atoms with Crippen LogP contribution in [0.15, 0.2) is 146 Å². The number of unbranched alkanes of at least 4 members (excludes halogenated alkanes) is 4. The highest BCUT2D eigenvalue weighted by atomic mass is 16.8. The first-order valence-corrected chi connectivity index (χ1v) is 30.6. The van der Waals surface area contributed by atoms with E-state index in [-0.39, 0.29) is 18.9 Å². The highest BCUT2D eigenvalue weighted by Gasteiger charge is 2.53. The van der Waals surface area contributed by atoms with E-state index < -0.39 is 124 Å². The molecular formula is C66H103NO18. The molecule has 3 saturated heterocycles. The number of aliphatic hydroxyl groups is 11. The lowest BCUT2D eigenvalue weighted by atomic mass is 9.96. The van der Waals surface area contributed by atoms with Crippen molar-refractivity contribution in [1.82, 2.24) is 5.32 Å². The van der Waals surface area contributed by atoms with Gasteiger partial charge in [0.15, 0.2) is 18.9 Å². The van der Waals surface area contributed by atoms with Gasteiger partial charge in [0, 0.05) is 6.42 Å². The molecule has 0 radical (unpaired) electrons. The first-order valence-electron chi connectivity index (χ1n) is 30.6. The number of carbonyl (C=O) groups is 1. The second kappa shape index (κ2) is 46.8. The Hall–Kier alpha value is -4.33. The highest BCUT2D eigenvalue weighted by Crippen LogP contribution is 2.33. The van der Waals surface area contributed by atoms with Crippen LogP contribution >= 0.6 is 0 Å². The molecule has 17 unspecified atom stereocenters. The maximum absolute atomic E-state index is 13.1. The zero-order chi connectivity index (χ0) is 61.9. The van der Waals surface area contributed by atoms with Crippen molar-refractivity contribution in [3.05, 3.63) is 146 Å². The number of carbonyl (C=O) groups excluding carboxylic acids is 1. The topological polar surface area (TPSA) is 307 Å². The summed E-state index contributed by atoms with van der Waals surface area (Å²) in [5.74, 6) is -0.329. The van der Waals surface area contributed by atoms with Gasteiger partial charge in [0.1, 0.15) is 73.2 Å². The average molecular weight is 1200 g/mol. The second-order valence-electron chi connectivity index (χ2n) is 21.1. The molecule has 0 bridgehead atoms. The molecule has 3 aliphatic rings. The quantitative estimate of drug-likeness (QED) is 0.0245. The minimum Gasteiger partial charge on any atom is -0.394 e. The van der Waals surface area contributed by atoms with Gasteiger partial charge in [-0.25, -0.2) is 0 Å². The van der Waals surface area contributed by atoms with Crippen molar-refractivity contribution in [3.8, 4) is 0 Å². The van der Waals surface area contributed by atoms with E-state index in [9.17, 15) is 61.0 Å². The van der Waals surface area contributed by atoms with Gasteiger partial charge < -0.3 is 89.9 Å². The van der Waals surface area contributed by atoms with Crippen LogP contribution in [0.1, 0.15) is 129 Å². The maximum atomic E-state index is 13.1. The van der Waals surface area contributed by atoms with Gasteiger partial charge in [0.25, 0.3) is 0 Å². The van der Waals surface area contributed by atoms with E-state index in [1.165, 1.54) is 6.08 Å². The first kappa shape index (κ1) is 74.9. The molecule has 3 fully saturated rings. The molecule has 0 aromatic heterocycles. The zero-order valence-electron chi connectivity index (χ0n) is 50.0. The molecule has 0 aromatic carbocycles. The number of hydrogen-bond donors (Lipinski definition) is 12. The molecule has 480 valence electrons. The van der Waals surface area contributed by atoms with Crippen molar-refractivity contribution < 1.29 is 89.4 Å². The Kier molecular flexibility index (Phi) is 41.2. The smallest absolute Gasteiger partial charge is 0.220 e. The Morgan fingerprint density at radius 1 is 0.435 bits per heavy atom. The summed E-state index contributed by atoms with van der Waals surface area (Å²) < 4.78 is 33.9. The van der Waals surface area contributed by atoms with E-state index >= 15 is 0 Å². The van der Waals surface area contributed by atoms with E-state index in [2.05, 4.69) is 146 Å². The van der Waals surface area contributed by atoms with Crippen molar-refractivity contribution >= 4 is 5.91 Å². The van der Waals surface area contributed by atoms with Crippen LogP contribution in [0.5, 0.6) is 0 Å². The molecule has 12 N–H and O–H groups in total. The van der Waals surface area contributed by atoms with Crippen LogP contribution in [-0.4, -0.2) is 193 Å². The lowest BCUT2D eigenvalue weighted by Gasteiger charge is -2.48. The van der Waals surface area contributed by atoms with Gasteiger partial charge in [0.05, 0.1) is 38.6 Å². The minimum absolute atomic E-state index is 0.189. The fourth-order valence-corrected chi connectivity index (χ4v) is 9.14. The van der Waals surface area contributed by atoms with E-state index in [1.807, 2.05) is 6.92 Å². The molecule has 1 amide bonds. The van der Waals surface area contributed by atoms with E-state index in [4.69, 9.17) is 28.4 Å². The lowest BCUT2D eigenvalue weighted by Crippen LogP contribution is -2.66. The van der Waals surface area contributed by atoms with Gasteiger partial charge in [-0.3, -0.25) is 4.79 Å². The van der Waals surface area contributed by atoms with Gasteiger partial charge >= 0.3 is 0 Å². The molecule has 3 aliphatic heterocycles. The summed E-state index contributed by atoms with van der Waals surface area (Å²) in [4.78, 5) is 13.1. The maximum Gasteiger partial charge on any atom is 0.220 e. The summed E-state index contributed by atoms with van der Waals surface area (Å²) in [6.07, 6.45) is 39.8. The number of hydrogen-bond acceptors (Lipinski definition) is 18. The summed E-state index contributed by atoms with van der Waals surface area (Å²) in [6, 6.07) is -0.997. The predicted molar refractivity (Wildman–Crippen MR) is 327 cm³/mol. The molecule has 3 heterocycles. The van der Waals surface area contributed by atoms with Crippen LogP contribution < -0.4 is 5.32 Å². The molecule has 85 heavy (non-hydrogen) atoms. The molecule has 19 nitrogen and oxygen atoms in total. The predicted octanol–water partition coefficient (Wildman–Crippen LogP) is 6.03. The zero-order valence-corrected chi connectivity index (χ0v) is 50.0. The number of allylic oxidation sites excluding steroid dienone is 23. The van der Waals surface area contributed by atoms with Crippen molar-refractivity contribution in [2.45, 2.75) is 234 Å². The molecule has 19 heteroatoms. The Bertz CT molecular complexity index is 2110. The molecule has 0 aliphatic carbocycles. The van der Waals surface area contributed by atoms with E-state index in [1.54, 1.807) is 6.08 Å². The average Bonchev–Trinajstić information content (AvgIpc) is 3.44. The SMILES string of the molecule is CC/C=C\C/C=C\C/C=C\C/C=C\C/C=C\C/C=C\C/C=C\C/C=C\C/C=C\C/C=C\C/C=C\CCCCCC(=O)NC(COC1OC(CO)C(OC2OC(CO)C(OC3OC(CO)C(O)C(O)C3O)C(O)C2O)C(O)C1O)C(O)/C=C/CCC. The number of aliphatic hydroxyl groups excluding tert-OH is 11. The third-order valence-corrected chi connectivity index (χ3v) is 14.1. The summed E-state index contributed by atoms with van der Waals surface area (Å²) in [5, 5.41) is 119. The fourth-order valence-electron chi connectivity index (χ4n) is 9.14. The molecule has 3 rings (SSSR count). The van der Waals surface area contributed by atoms with Crippen LogP contribution in [0, 0.1) is 0 Å². The normalized spacial score (nSPS) is 30.0. The van der Waals surface area contributed by atoms with Crippen LogP contribution in [0.2, 0.25) is 0 Å². The minimum atomic E-state index is -1.99. The Morgan fingerprint density at radius 2 is 0.812 bits per heavy atom.